The second kappa shape index (κ2) is 9.52. The maximum atomic E-state index is 9.38. The molecule has 0 aliphatic carbocycles. The molecular weight excluding hydrogens is 413 g/mol. The Morgan fingerprint density at radius 2 is 1.62 bits per heavy atom. The van der Waals surface area contributed by atoms with Crippen LogP contribution in [0.5, 0.6) is 5.75 Å². The molecule has 1 saturated heterocycles. The summed E-state index contributed by atoms with van der Waals surface area (Å²) in [6.45, 7) is 2.70. The maximum absolute atomic E-state index is 9.38. The van der Waals surface area contributed by atoms with Gasteiger partial charge in [0.1, 0.15) is 5.75 Å². The first kappa shape index (κ1) is 18.6. The molecule has 24 heavy (non-hydrogen) atoms. The number of hydrogen-bond donors (Lipinski definition) is 2. The Labute approximate surface area is 160 Å². The Morgan fingerprint density at radius 3 is 2.29 bits per heavy atom. The smallest absolute Gasteiger partial charge is 0.198 e. The number of nitrogens with one attached hydrogen (secondary N) is 1. The number of guanidine groups is 1. The van der Waals surface area contributed by atoms with Crippen molar-refractivity contribution >= 4 is 35.6 Å². The highest BCUT2D eigenvalue weighted by molar-refractivity contribution is 14.0. The fourth-order valence-electron chi connectivity index (χ4n) is 2.74. The zero-order valence-corrected chi connectivity index (χ0v) is 16.0. The molecular formula is C19H24IN3O. The van der Waals surface area contributed by atoms with Gasteiger partial charge in [-0.25, -0.2) is 4.99 Å². The van der Waals surface area contributed by atoms with Gasteiger partial charge in [0.15, 0.2) is 5.96 Å². The van der Waals surface area contributed by atoms with E-state index in [4.69, 9.17) is 4.99 Å². The predicted molar refractivity (Wildman–Crippen MR) is 110 cm³/mol. The van der Waals surface area contributed by atoms with E-state index in [1.807, 2.05) is 30.3 Å². The Bertz CT molecular complexity index is 637. The molecule has 2 aromatic rings. The van der Waals surface area contributed by atoms with Crippen LogP contribution in [0, 0.1) is 0 Å². The highest BCUT2D eigenvalue weighted by Crippen LogP contribution is 2.14. The van der Waals surface area contributed by atoms with E-state index >= 15 is 0 Å². The summed E-state index contributed by atoms with van der Waals surface area (Å²) in [4.78, 5) is 7.12. The van der Waals surface area contributed by atoms with Crippen molar-refractivity contribution in [1.29, 1.82) is 0 Å². The van der Waals surface area contributed by atoms with E-state index in [1.54, 1.807) is 12.1 Å². The van der Waals surface area contributed by atoms with Crippen LogP contribution in [0.4, 0.5) is 5.69 Å². The summed E-state index contributed by atoms with van der Waals surface area (Å²) in [6, 6.07) is 17.4. The number of benzene rings is 2. The van der Waals surface area contributed by atoms with Crippen LogP contribution >= 0.6 is 24.0 Å². The van der Waals surface area contributed by atoms with E-state index in [9.17, 15) is 5.11 Å². The number of nitrogens with zero attached hydrogens (tertiary/aromatic N) is 2. The lowest BCUT2D eigenvalue weighted by Crippen LogP contribution is -2.40. The van der Waals surface area contributed by atoms with E-state index < -0.39 is 0 Å². The zero-order chi connectivity index (χ0) is 15.9. The third-order valence-corrected chi connectivity index (χ3v) is 4.03. The Hall–Kier alpha value is -1.76. The predicted octanol–water partition coefficient (Wildman–Crippen LogP) is 4.46. The van der Waals surface area contributed by atoms with Crippen molar-refractivity contribution in [3.8, 4) is 5.75 Å². The Kier molecular flexibility index (Phi) is 7.36. The molecule has 4 nitrogen and oxygen atoms in total. The minimum atomic E-state index is 0. The van der Waals surface area contributed by atoms with Crippen LogP contribution in [-0.2, 0) is 6.54 Å². The largest absolute Gasteiger partial charge is 0.508 e. The molecule has 2 aromatic carbocycles. The number of aromatic hydroxyl groups is 1. The summed E-state index contributed by atoms with van der Waals surface area (Å²) in [5, 5.41) is 12.8. The van der Waals surface area contributed by atoms with Gasteiger partial charge in [0, 0.05) is 18.8 Å². The van der Waals surface area contributed by atoms with Gasteiger partial charge in [-0.2, -0.15) is 0 Å². The fraction of sp³-hybridized carbons (Fsp3) is 0.316. The highest BCUT2D eigenvalue weighted by Gasteiger charge is 2.14. The number of hydrogen-bond acceptors (Lipinski definition) is 2. The number of piperidine rings is 1. The number of phenolic OH excluding ortho intramolecular Hbond substituents is 1. The zero-order valence-electron chi connectivity index (χ0n) is 13.7. The normalized spacial score (nSPS) is 14.8. The molecule has 1 aliphatic rings. The fourth-order valence-corrected chi connectivity index (χ4v) is 2.74. The molecule has 1 heterocycles. The summed E-state index contributed by atoms with van der Waals surface area (Å²) in [6.07, 6.45) is 3.73. The minimum absolute atomic E-state index is 0. The molecule has 5 heteroatoms. The Balaban J connectivity index is 0.00000208. The van der Waals surface area contributed by atoms with Crippen LogP contribution < -0.4 is 5.32 Å². The number of aliphatic imine (C=N–C) groups is 1. The molecule has 0 radical (unpaired) electrons. The lowest BCUT2D eigenvalue weighted by Gasteiger charge is -2.30. The number of anilines is 1. The van der Waals surface area contributed by atoms with Crippen molar-refractivity contribution in [1.82, 2.24) is 4.90 Å². The van der Waals surface area contributed by atoms with Crippen molar-refractivity contribution in [3.05, 3.63) is 60.2 Å². The number of likely N-dealkylation sites (tertiary alicyclic amines) is 1. The SMILES string of the molecule is I.Oc1ccc(CN=C(Nc2ccccc2)N2CCCCC2)cc1. The average molecular weight is 437 g/mol. The Morgan fingerprint density at radius 1 is 0.958 bits per heavy atom. The summed E-state index contributed by atoms with van der Waals surface area (Å²) < 4.78 is 0. The molecule has 0 aromatic heterocycles. The number of rotatable bonds is 3. The molecule has 0 unspecified atom stereocenters. The first-order chi connectivity index (χ1) is 11.3. The average Bonchev–Trinajstić information content (AvgIpc) is 2.61. The quantitative estimate of drug-likeness (QED) is 0.424. The van der Waals surface area contributed by atoms with Crippen molar-refractivity contribution in [2.24, 2.45) is 4.99 Å². The van der Waals surface area contributed by atoms with Gasteiger partial charge in [0.05, 0.1) is 6.54 Å². The molecule has 0 saturated carbocycles. The number of halogens is 1. The molecule has 3 rings (SSSR count). The second-order valence-corrected chi connectivity index (χ2v) is 5.85. The van der Waals surface area contributed by atoms with Crippen LogP contribution in [-0.4, -0.2) is 29.1 Å². The van der Waals surface area contributed by atoms with Gasteiger partial charge in [0.2, 0.25) is 0 Å². The van der Waals surface area contributed by atoms with E-state index in [0.717, 1.165) is 30.3 Å². The molecule has 1 fully saturated rings. The van der Waals surface area contributed by atoms with Crippen LogP contribution in [0.25, 0.3) is 0 Å². The maximum Gasteiger partial charge on any atom is 0.198 e. The van der Waals surface area contributed by atoms with Gasteiger partial charge in [-0.05, 0) is 49.1 Å². The van der Waals surface area contributed by atoms with Gasteiger partial charge in [-0.3, -0.25) is 0 Å². The van der Waals surface area contributed by atoms with Crippen molar-refractivity contribution < 1.29 is 5.11 Å². The first-order valence-corrected chi connectivity index (χ1v) is 8.21. The van der Waals surface area contributed by atoms with Crippen LogP contribution in [0.2, 0.25) is 0 Å². The molecule has 0 bridgehead atoms. The third kappa shape index (κ3) is 5.40. The second-order valence-electron chi connectivity index (χ2n) is 5.85. The molecule has 1 aliphatic heterocycles. The summed E-state index contributed by atoms with van der Waals surface area (Å²) >= 11 is 0. The van der Waals surface area contributed by atoms with Crippen molar-refractivity contribution in [2.75, 3.05) is 18.4 Å². The van der Waals surface area contributed by atoms with E-state index in [1.165, 1.54) is 19.3 Å². The van der Waals surface area contributed by atoms with Crippen LogP contribution in [0.15, 0.2) is 59.6 Å². The van der Waals surface area contributed by atoms with Crippen molar-refractivity contribution in [2.45, 2.75) is 25.8 Å². The topological polar surface area (TPSA) is 47.9 Å². The van der Waals surface area contributed by atoms with E-state index in [0.29, 0.717) is 6.54 Å². The van der Waals surface area contributed by atoms with Gasteiger partial charge in [-0.1, -0.05) is 30.3 Å². The van der Waals surface area contributed by atoms with E-state index in [2.05, 4.69) is 22.3 Å². The van der Waals surface area contributed by atoms with Crippen LogP contribution in [0.3, 0.4) is 0 Å². The summed E-state index contributed by atoms with van der Waals surface area (Å²) in [5.74, 6) is 1.22. The lowest BCUT2D eigenvalue weighted by molar-refractivity contribution is 0.340. The molecule has 128 valence electrons. The van der Waals surface area contributed by atoms with Gasteiger partial charge in [-0.15, -0.1) is 24.0 Å². The van der Waals surface area contributed by atoms with Gasteiger partial charge >= 0.3 is 0 Å². The summed E-state index contributed by atoms with van der Waals surface area (Å²) in [7, 11) is 0. The molecule has 2 N–H and O–H groups in total. The third-order valence-electron chi connectivity index (χ3n) is 4.03. The van der Waals surface area contributed by atoms with Crippen LogP contribution in [0.1, 0.15) is 24.8 Å². The standard InChI is InChI=1S/C19H23N3O.HI/c23-18-11-9-16(10-12-18)15-20-19(22-13-5-2-6-14-22)21-17-7-3-1-4-8-17;/h1,3-4,7-12,23H,2,5-6,13-15H2,(H,20,21);1H. The first-order valence-electron chi connectivity index (χ1n) is 8.21. The van der Waals surface area contributed by atoms with E-state index in [-0.39, 0.29) is 29.7 Å². The lowest BCUT2D eigenvalue weighted by atomic mass is 10.1. The molecule has 0 atom stereocenters. The molecule has 0 amide bonds. The number of para-hydroxylation sites is 1. The summed E-state index contributed by atoms with van der Waals surface area (Å²) in [5.41, 5.74) is 2.15. The van der Waals surface area contributed by atoms with Crippen molar-refractivity contribution in [3.63, 3.8) is 0 Å². The minimum Gasteiger partial charge on any atom is -0.508 e. The number of phenols is 1. The monoisotopic (exact) mass is 437 g/mol. The van der Waals surface area contributed by atoms with Gasteiger partial charge < -0.3 is 15.3 Å². The highest BCUT2D eigenvalue weighted by atomic mass is 127. The molecule has 0 spiro atoms. The van der Waals surface area contributed by atoms with Gasteiger partial charge in [0.25, 0.3) is 0 Å².